The highest BCUT2D eigenvalue weighted by Gasteiger charge is 2.17. The number of ether oxygens (including phenoxy) is 3. The normalized spacial score (nSPS) is 10.0. The Kier molecular flexibility index (Phi) is 6.93. The predicted molar refractivity (Wildman–Crippen MR) is 99.0 cm³/mol. The lowest BCUT2D eigenvalue weighted by Crippen LogP contribution is -2.22. The molecule has 142 valence electrons. The van der Waals surface area contributed by atoms with E-state index < -0.39 is 24.5 Å². The minimum absolute atomic E-state index is 0.219. The van der Waals surface area contributed by atoms with Crippen LogP contribution in [0.25, 0.3) is 0 Å². The number of carbonyl (C=O) groups is 3. The minimum Gasteiger partial charge on any atom is -0.496 e. The van der Waals surface area contributed by atoms with Crippen LogP contribution in [-0.4, -0.2) is 38.2 Å². The van der Waals surface area contributed by atoms with Gasteiger partial charge in [-0.05, 0) is 38.1 Å². The summed E-state index contributed by atoms with van der Waals surface area (Å²) in [6.07, 6.45) is 0. The van der Waals surface area contributed by atoms with Gasteiger partial charge in [0.15, 0.2) is 6.61 Å². The van der Waals surface area contributed by atoms with Crippen molar-refractivity contribution >= 4 is 23.5 Å². The number of amides is 1. The summed E-state index contributed by atoms with van der Waals surface area (Å²) in [5.41, 5.74) is 1.59. The van der Waals surface area contributed by atoms with E-state index in [0.29, 0.717) is 5.75 Å². The van der Waals surface area contributed by atoms with E-state index in [2.05, 4.69) is 5.32 Å². The van der Waals surface area contributed by atoms with Crippen LogP contribution >= 0.6 is 0 Å². The van der Waals surface area contributed by atoms with Crippen molar-refractivity contribution in [1.82, 2.24) is 0 Å². The third kappa shape index (κ3) is 5.31. The first-order valence-electron chi connectivity index (χ1n) is 8.34. The van der Waals surface area contributed by atoms with Crippen molar-refractivity contribution in [3.8, 4) is 5.75 Å². The van der Waals surface area contributed by atoms with Gasteiger partial charge in [0.2, 0.25) is 0 Å². The van der Waals surface area contributed by atoms with Gasteiger partial charge in [-0.25, -0.2) is 9.59 Å². The Morgan fingerprint density at radius 1 is 0.963 bits per heavy atom. The van der Waals surface area contributed by atoms with E-state index in [4.69, 9.17) is 14.2 Å². The van der Waals surface area contributed by atoms with Crippen molar-refractivity contribution in [2.24, 2.45) is 0 Å². The van der Waals surface area contributed by atoms with Gasteiger partial charge in [-0.1, -0.05) is 23.8 Å². The Morgan fingerprint density at radius 2 is 1.67 bits per heavy atom. The molecule has 2 aromatic carbocycles. The van der Waals surface area contributed by atoms with Crippen LogP contribution in [0.3, 0.4) is 0 Å². The molecule has 0 bridgehead atoms. The zero-order valence-electron chi connectivity index (χ0n) is 15.4. The molecule has 0 saturated heterocycles. The van der Waals surface area contributed by atoms with Crippen molar-refractivity contribution in [2.75, 3.05) is 25.6 Å². The van der Waals surface area contributed by atoms with Gasteiger partial charge in [-0.15, -0.1) is 0 Å². The number of hydrogen-bond donors (Lipinski definition) is 1. The van der Waals surface area contributed by atoms with Crippen molar-refractivity contribution in [2.45, 2.75) is 13.8 Å². The Balaban J connectivity index is 2.02. The lowest BCUT2D eigenvalue weighted by molar-refractivity contribution is -0.119. The van der Waals surface area contributed by atoms with E-state index in [1.54, 1.807) is 43.3 Å². The maximum atomic E-state index is 12.2. The van der Waals surface area contributed by atoms with E-state index in [0.717, 1.165) is 5.56 Å². The number of carbonyl (C=O) groups excluding carboxylic acids is 3. The van der Waals surface area contributed by atoms with Gasteiger partial charge >= 0.3 is 11.9 Å². The zero-order chi connectivity index (χ0) is 19.8. The molecule has 0 aliphatic rings. The van der Waals surface area contributed by atoms with Gasteiger partial charge in [0, 0.05) is 0 Å². The summed E-state index contributed by atoms with van der Waals surface area (Å²) in [5, 5.41) is 2.55. The molecule has 0 unspecified atom stereocenters. The molecule has 0 heterocycles. The molecule has 0 fully saturated rings. The van der Waals surface area contributed by atoms with Gasteiger partial charge in [0.25, 0.3) is 5.91 Å². The van der Waals surface area contributed by atoms with Crippen molar-refractivity contribution in [3.63, 3.8) is 0 Å². The van der Waals surface area contributed by atoms with Crippen LogP contribution in [0.4, 0.5) is 5.69 Å². The molecule has 0 saturated carbocycles. The van der Waals surface area contributed by atoms with Crippen LogP contribution in [0.5, 0.6) is 5.75 Å². The van der Waals surface area contributed by atoms with Crippen molar-refractivity contribution in [3.05, 3.63) is 59.2 Å². The molecule has 27 heavy (non-hydrogen) atoms. The highest BCUT2D eigenvalue weighted by molar-refractivity contribution is 6.02. The van der Waals surface area contributed by atoms with Crippen LogP contribution in [0, 0.1) is 6.92 Å². The molecular formula is C20H21NO6. The third-order valence-electron chi connectivity index (χ3n) is 3.61. The smallest absolute Gasteiger partial charge is 0.342 e. The summed E-state index contributed by atoms with van der Waals surface area (Å²) >= 11 is 0. The Hall–Kier alpha value is -3.35. The number of anilines is 1. The van der Waals surface area contributed by atoms with E-state index in [-0.39, 0.29) is 23.4 Å². The van der Waals surface area contributed by atoms with E-state index >= 15 is 0 Å². The first kappa shape index (κ1) is 20.0. The second kappa shape index (κ2) is 9.38. The summed E-state index contributed by atoms with van der Waals surface area (Å²) in [6.45, 7) is 3.23. The van der Waals surface area contributed by atoms with E-state index in [1.165, 1.54) is 13.2 Å². The molecule has 2 aromatic rings. The summed E-state index contributed by atoms with van der Waals surface area (Å²) < 4.78 is 15.1. The molecule has 0 aliphatic heterocycles. The average molecular weight is 371 g/mol. The fourth-order valence-corrected chi connectivity index (χ4v) is 2.36. The zero-order valence-corrected chi connectivity index (χ0v) is 15.4. The first-order valence-corrected chi connectivity index (χ1v) is 8.34. The molecule has 2 rings (SSSR count). The predicted octanol–water partition coefficient (Wildman–Crippen LogP) is 2.98. The number of aryl methyl sites for hydroxylation is 1. The van der Waals surface area contributed by atoms with Crippen molar-refractivity contribution in [1.29, 1.82) is 0 Å². The molecule has 0 aliphatic carbocycles. The lowest BCUT2D eigenvalue weighted by Gasteiger charge is -2.11. The molecule has 0 spiro atoms. The van der Waals surface area contributed by atoms with Gasteiger partial charge in [-0.2, -0.15) is 0 Å². The maximum absolute atomic E-state index is 12.2. The van der Waals surface area contributed by atoms with Crippen LogP contribution in [-0.2, 0) is 14.3 Å². The molecule has 1 amide bonds. The summed E-state index contributed by atoms with van der Waals surface area (Å²) in [5.74, 6) is -1.44. The average Bonchev–Trinajstić information content (AvgIpc) is 2.66. The maximum Gasteiger partial charge on any atom is 0.342 e. The number of methoxy groups -OCH3 is 1. The second-order valence-corrected chi connectivity index (χ2v) is 5.59. The molecule has 7 nitrogen and oxygen atoms in total. The Morgan fingerprint density at radius 3 is 2.37 bits per heavy atom. The van der Waals surface area contributed by atoms with Gasteiger partial charge in [0.05, 0.1) is 25.0 Å². The van der Waals surface area contributed by atoms with Gasteiger partial charge < -0.3 is 19.5 Å². The quantitative estimate of drug-likeness (QED) is 0.753. The fourth-order valence-electron chi connectivity index (χ4n) is 2.36. The van der Waals surface area contributed by atoms with Crippen LogP contribution in [0.1, 0.15) is 33.2 Å². The van der Waals surface area contributed by atoms with Crippen LogP contribution in [0.2, 0.25) is 0 Å². The fraction of sp³-hybridized carbons (Fsp3) is 0.250. The molecule has 7 heteroatoms. The standard InChI is InChI=1S/C20H21NO6/c1-4-26-19(23)14-7-5-6-8-16(14)21-18(22)12-27-20(24)15-11-13(2)9-10-17(15)25-3/h5-11H,4,12H2,1-3H3,(H,21,22). The highest BCUT2D eigenvalue weighted by atomic mass is 16.5. The van der Waals surface area contributed by atoms with Gasteiger partial charge in [-0.3, -0.25) is 4.79 Å². The molecule has 0 aromatic heterocycles. The largest absolute Gasteiger partial charge is 0.496 e. The van der Waals surface area contributed by atoms with E-state index in [9.17, 15) is 14.4 Å². The third-order valence-corrected chi connectivity index (χ3v) is 3.61. The van der Waals surface area contributed by atoms with Crippen LogP contribution in [0.15, 0.2) is 42.5 Å². The number of nitrogens with one attached hydrogen (secondary N) is 1. The molecule has 1 N–H and O–H groups in total. The Bertz CT molecular complexity index is 846. The molecule has 0 atom stereocenters. The summed E-state index contributed by atoms with van der Waals surface area (Å²) in [4.78, 5) is 36.3. The lowest BCUT2D eigenvalue weighted by atomic mass is 10.1. The molecule has 0 radical (unpaired) electrons. The Labute approximate surface area is 157 Å². The number of para-hydroxylation sites is 1. The highest BCUT2D eigenvalue weighted by Crippen LogP contribution is 2.21. The minimum atomic E-state index is -0.677. The van der Waals surface area contributed by atoms with Crippen LogP contribution < -0.4 is 10.1 Å². The summed E-state index contributed by atoms with van der Waals surface area (Å²) in [6, 6.07) is 11.5. The second-order valence-electron chi connectivity index (χ2n) is 5.59. The molecular weight excluding hydrogens is 350 g/mol. The topological polar surface area (TPSA) is 90.9 Å². The number of benzene rings is 2. The number of rotatable bonds is 7. The number of hydrogen-bond acceptors (Lipinski definition) is 6. The van der Waals surface area contributed by atoms with E-state index in [1.807, 2.05) is 6.92 Å². The SMILES string of the molecule is CCOC(=O)c1ccccc1NC(=O)COC(=O)c1cc(C)ccc1OC. The first-order chi connectivity index (χ1) is 13.0. The number of esters is 2. The van der Waals surface area contributed by atoms with Gasteiger partial charge in [0.1, 0.15) is 11.3 Å². The monoisotopic (exact) mass is 371 g/mol. The van der Waals surface area contributed by atoms with Crippen molar-refractivity contribution < 1.29 is 28.6 Å². The summed E-state index contributed by atoms with van der Waals surface area (Å²) in [7, 11) is 1.44.